The Balaban J connectivity index is 0.737. The van der Waals surface area contributed by atoms with E-state index >= 15 is 8.78 Å². The number of aliphatic hydroxyl groups is 1. The van der Waals surface area contributed by atoms with E-state index in [0.29, 0.717) is 48.5 Å². The van der Waals surface area contributed by atoms with Crippen molar-refractivity contribution in [2.45, 2.75) is 119 Å². The number of nitrogens with two attached hydrogens (primary N) is 1. The predicted octanol–water partition coefficient (Wildman–Crippen LogP) is 8.16. The van der Waals surface area contributed by atoms with Crippen molar-refractivity contribution in [1.82, 2.24) is 30.6 Å². The molecule has 5 aliphatic rings. The maximum absolute atomic E-state index is 16.5. The minimum atomic E-state index is -1.04. The van der Waals surface area contributed by atoms with Crippen molar-refractivity contribution >= 4 is 46.2 Å². The number of aliphatic hydroxyl groups excluding tert-OH is 1. The van der Waals surface area contributed by atoms with E-state index in [4.69, 9.17) is 26.8 Å². The molecule has 14 nitrogen and oxygen atoms in total. The number of carbonyl (C=O) groups excluding carboxylic acids is 3. The molecule has 2 atom stereocenters. The van der Waals surface area contributed by atoms with Crippen molar-refractivity contribution in [1.29, 1.82) is 0 Å². The van der Waals surface area contributed by atoms with Gasteiger partial charge in [-0.15, -0.1) is 0 Å². The van der Waals surface area contributed by atoms with Crippen molar-refractivity contribution in [3.05, 3.63) is 106 Å². The summed E-state index contributed by atoms with van der Waals surface area (Å²) < 4.78 is 46.5. The van der Waals surface area contributed by atoms with Crippen molar-refractivity contribution < 1.29 is 37.7 Å². The molecule has 5 aromatic rings. The third kappa shape index (κ3) is 9.49. The van der Waals surface area contributed by atoms with Gasteiger partial charge in [0.1, 0.15) is 18.2 Å². The first-order valence-electron chi connectivity index (χ1n) is 25.3. The molecule has 17 heteroatoms. The number of benzene rings is 4. The summed E-state index contributed by atoms with van der Waals surface area (Å²) in [6.45, 7) is 4.26. The van der Waals surface area contributed by atoms with Crippen LogP contribution in [-0.4, -0.2) is 101 Å². The van der Waals surface area contributed by atoms with Crippen LogP contribution in [0.5, 0.6) is 11.5 Å². The highest BCUT2D eigenvalue weighted by molar-refractivity contribution is 6.34. The number of imide groups is 1. The third-order valence-electron chi connectivity index (χ3n) is 16.1. The summed E-state index contributed by atoms with van der Waals surface area (Å²) >= 11 is 6.74. The van der Waals surface area contributed by atoms with Crippen molar-refractivity contribution in [2.24, 2.45) is 12.8 Å². The molecule has 0 bridgehead atoms. The van der Waals surface area contributed by atoms with Crippen LogP contribution in [0.15, 0.2) is 66.7 Å². The molecule has 0 radical (unpaired) electrons. The zero-order chi connectivity index (χ0) is 49.6. The number of carbonyl (C=O) groups is 3. The highest BCUT2D eigenvalue weighted by atomic mass is 35.5. The number of aromatic nitrogens is 2. The number of anilines is 1. The van der Waals surface area contributed by atoms with E-state index in [0.717, 1.165) is 80.9 Å². The molecular formula is C54H63ClF2N8O6. The van der Waals surface area contributed by atoms with Crippen molar-refractivity contribution in [3.63, 3.8) is 0 Å². The summed E-state index contributed by atoms with van der Waals surface area (Å²) in [5.74, 6) is -2.42. The fraction of sp³-hybridized carbons (Fsp3) is 0.481. The van der Waals surface area contributed by atoms with Gasteiger partial charge in [0.15, 0.2) is 23.0 Å². The summed E-state index contributed by atoms with van der Waals surface area (Å²) in [6, 6.07) is 21.4. The number of piperidine rings is 1. The number of nitrogens with zero attached hydrogens (tertiary/aromatic N) is 4. The van der Waals surface area contributed by atoms with Gasteiger partial charge in [0, 0.05) is 84.8 Å². The highest BCUT2D eigenvalue weighted by Crippen LogP contribution is 2.56. The number of ether oxygens (including phenoxy) is 2. The van der Waals surface area contributed by atoms with E-state index in [1.807, 2.05) is 49.0 Å². The lowest BCUT2D eigenvalue weighted by Gasteiger charge is -2.42. The number of primary amides is 1. The molecule has 4 fully saturated rings. The third-order valence-corrected chi connectivity index (χ3v) is 16.5. The fourth-order valence-corrected chi connectivity index (χ4v) is 12.5. The maximum Gasteiger partial charge on any atom is 0.329 e. The maximum atomic E-state index is 16.5. The molecule has 376 valence electrons. The number of nitrogens with one attached hydrogen (secondary N) is 3. The van der Waals surface area contributed by atoms with Gasteiger partial charge in [-0.25, -0.2) is 13.6 Å². The molecule has 4 heterocycles. The number of hydrogen-bond donors (Lipinski definition) is 5. The average Bonchev–Trinajstić information content (AvgIpc) is 3.86. The number of aryl methyl sites for hydroxylation is 1. The van der Waals surface area contributed by atoms with E-state index in [1.54, 1.807) is 4.90 Å². The zero-order valence-corrected chi connectivity index (χ0v) is 41.1. The van der Waals surface area contributed by atoms with Gasteiger partial charge in [-0.1, -0.05) is 54.9 Å². The summed E-state index contributed by atoms with van der Waals surface area (Å²) in [7, 11) is 1.91. The Labute approximate surface area is 417 Å². The Kier molecular flexibility index (Phi) is 14.1. The molecule has 6 N–H and O–H groups in total. The summed E-state index contributed by atoms with van der Waals surface area (Å²) in [5, 5.41) is 24.9. The smallest absolute Gasteiger partial charge is 0.329 e. The Hall–Kier alpha value is -5.65. The van der Waals surface area contributed by atoms with Crippen LogP contribution in [0, 0.1) is 11.6 Å². The first kappa shape index (κ1) is 49.0. The normalized spacial score (nSPS) is 25.3. The molecule has 3 aliphatic heterocycles. The number of amides is 4. The van der Waals surface area contributed by atoms with Crippen LogP contribution in [0.2, 0.25) is 5.02 Å². The summed E-state index contributed by atoms with van der Waals surface area (Å²) in [6.07, 6.45) is 11.2. The van der Waals surface area contributed by atoms with Gasteiger partial charge in [0.05, 0.1) is 22.7 Å². The van der Waals surface area contributed by atoms with E-state index in [-0.39, 0.29) is 64.8 Å². The van der Waals surface area contributed by atoms with Crippen LogP contribution in [0.3, 0.4) is 0 Å². The lowest BCUT2D eigenvalue weighted by Crippen LogP contribution is -2.50. The van der Waals surface area contributed by atoms with Gasteiger partial charge in [-0.05, 0) is 119 Å². The minimum absolute atomic E-state index is 0.0162. The standard InChI is InChI=1S/C54H63ClF2N8O6/c1-31-46-44(29-41(56)49(55)48(46)47-40(51(58)68)18-19-43(50(47)57)70-27-26-66)71-54(31,34-6-4-3-5-7-34)30-59-35-9-11-36(12-10-35)60-37-13-15-38(16-14-37)64-23-20-32(21-24-64)33-8-17-39-42(28-33)63(2)62-52(39)65-25-22-45(67)61-53(65)69/h3-8,17-19,28-29,31-32,35-38,59-60,66H,9-16,20-27,30H2,1-2H3,(H2,58,68)(H,61,67,69). The molecule has 1 aromatic heterocycles. The Morgan fingerprint density at radius 3 is 2.32 bits per heavy atom. The van der Waals surface area contributed by atoms with Crippen molar-refractivity contribution in [2.75, 3.05) is 44.3 Å². The SMILES string of the molecule is CC1c2c(cc(F)c(Cl)c2-c2c(C(N)=O)ccc(OCCO)c2F)OC1(CNC1CCC(NC2CCC(N3CCC(c4ccc5c(N6CCC(=O)NC6=O)nn(C)c5c4)CC3)CC2)CC1)c1ccccc1. The number of likely N-dealkylation sites (tertiary alicyclic amines) is 1. The van der Waals surface area contributed by atoms with Crippen molar-refractivity contribution in [3.8, 4) is 22.6 Å². The molecule has 0 spiro atoms. The molecule has 2 saturated carbocycles. The average molecular weight is 994 g/mol. The Morgan fingerprint density at radius 1 is 0.930 bits per heavy atom. The topological polar surface area (TPSA) is 176 Å². The fourth-order valence-electron chi connectivity index (χ4n) is 12.3. The number of rotatable bonds is 14. The van der Waals surface area contributed by atoms with Crippen LogP contribution in [0.4, 0.5) is 19.4 Å². The lowest BCUT2D eigenvalue weighted by atomic mass is 9.77. The van der Waals surface area contributed by atoms with E-state index in [1.165, 1.54) is 36.6 Å². The van der Waals surface area contributed by atoms with Crippen LogP contribution in [0.1, 0.15) is 116 Å². The molecule has 4 amide bonds. The van der Waals surface area contributed by atoms with Gasteiger partial charge in [0.2, 0.25) is 11.8 Å². The van der Waals surface area contributed by atoms with Crippen LogP contribution in [-0.2, 0) is 17.4 Å². The van der Waals surface area contributed by atoms with Gasteiger partial charge < -0.3 is 35.8 Å². The summed E-state index contributed by atoms with van der Waals surface area (Å²) in [4.78, 5) is 41.4. The summed E-state index contributed by atoms with van der Waals surface area (Å²) in [5.41, 5.74) is 7.87. The molecule has 4 aromatic carbocycles. The van der Waals surface area contributed by atoms with E-state index in [9.17, 15) is 19.5 Å². The van der Waals surface area contributed by atoms with E-state index < -0.39 is 35.1 Å². The quantitative estimate of drug-likeness (QED) is 0.0730. The number of halogens is 3. The second-order valence-corrected chi connectivity index (χ2v) is 20.5. The van der Waals surface area contributed by atoms with E-state index in [2.05, 4.69) is 44.1 Å². The van der Waals surface area contributed by atoms with Gasteiger partial charge in [-0.2, -0.15) is 5.10 Å². The molecule has 2 unspecified atom stereocenters. The van der Waals surface area contributed by atoms with Crippen LogP contribution < -0.4 is 36.1 Å². The Bertz CT molecular complexity index is 2810. The number of hydrogen-bond acceptors (Lipinski definition) is 10. The molecule has 2 aliphatic carbocycles. The number of fused-ring (bicyclic) bond motifs is 2. The molecular weight excluding hydrogens is 930 g/mol. The zero-order valence-electron chi connectivity index (χ0n) is 40.3. The van der Waals surface area contributed by atoms with Crippen LogP contribution >= 0.6 is 11.6 Å². The predicted molar refractivity (Wildman–Crippen MR) is 268 cm³/mol. The monoisotopic (exact) mass is 992 g/mol. The van der Waals surface area contributed by atoms with Gasteiger partial charge in [0.25, 0.3) is 0 Å². The molecule has 2 saturated heterocycles. The van der Waals surface area contributed by atoms with Crippen LogP contribution in [0.25, 0.3) is 22.0 Å². The first-order valence-corrected chi connectivity index (χ1v) is 25.7. The molecule has 10 rings (SSSR count). The number of urea groups is 1. The Morgan fingerprint density at radius 2 is 1.63 bits per heavy atom. The lowest BCUT2D eigenvalue weighted by molar-refractivity contribution is -0.120. The molecule has 71 heavy (non-hydrogen) atoms. The second kappa shape index (κ2) is 20.5. The highest BCUT2D eigenvalue weighted by Gasteiger charge is 2.50. The second-order valence-electron chi connectivity index (χ2n) is 20.2. The largest absolute Gasteiger partial charge is 0.488 e. The van der Waals surface area contributed by atoms with Gasteiger partial charge in [-0.3, -0.25) is 24.5 Å². The first-order chi connectivity index (χ1) is 34.3. The van der Waals surface area contributed by atoms with Gasteiger partial charge >= 0.3 is 6.03 Å². The minimum Gasteiger partial charge on any atom is -0.488 e.